The number of isocyanates is 2. The summed E-state index contributed by atoms with van der Waals surface area (Å²) in [7, 11) is 0. The van der Waals surface area contributed by atoms with E-state index in [2.05, 4.69) is 21.8 Å². The molecule has 0 spiro atoms. The monoisotopic (exact) mass is 419 g/mol. The molecule has 1 saturated carbocycles. The van der Waals surface area contributed by atoms with E-state index in [1.54, 1.807) is 6.92 Å². The standard InChI is InChI=1S/C7H12O4.C6H12.C3H7NO2.2CHNO/c1-5(2)7(10)11-6(3-8)4-9;1-2-4-6-5-3-1;1-2-6-3(4)5;2*2-1-3/h6,8-9H,1,3-4H2,2H3;1-6H2;2H2,1H3,(H2,4,5);2*2H. The lowest BCUT2D eigenvalue weighted by atomic mass is 10.0. The van der Waals surface area contributed by atoms with Gasteiger partial charge in [-0.3, -0.25) is 0 Å². The van der Waals surface area contributed by atoms with Crippen molar-refractivity contribution >= 4 is 24.2 Å². The third kappa shape index (κ3) is 40.9. The van der Waals surface area contributed by atoms with Crippen molar-refractivity contribution in [3.8, 4) is 0 Å². The maximum atomic E-state index is 10.7. The van der Waals surface area contributed by atoms with Gasteiger partial charge in [0.2, 0.25) is 12.2 Å². The van der Waals surface area contributed by atoms with Gasteiger partial charge >= 0.3 is 12.1 Å². The first kappa shape index (κ1) is 33.7. The molecule has 0 heterocycles. The average molecular weight is 419 g/mol. The number of carbonyl (C=O) groups excluding carboxylic acids is 4. The van der Waals surface area contributed by atoms with E-state index in [0.717, 1.165) is 12.2 Å². The highest BCUT2D eigenvalue weighted by atomic mass is 16.6. The van der Waals surface area contributed by atoms with Crippen molar-refractivity contribution < 1.29 is 38.9 Å². The SMILES string of the molecule is C1CCCCC1.C=C(C)C(=O)OC(CO)CO.CCOC(N)=O.N=C=O.N=C=O. The van der Waals surface area contributed by atoms with Crippen LogP contribution in [-0.2, 0) is 23.9 Å². The summed E-state index contributed by atoms with van der Waals surface area (Å²) in [6, 6.07) is 0. The number of nitrogens with one attached hydrogen (secondary N) is 2. The second-order valence-corrected chi connectivity index (χ2v) is 5.25. The zero-order valence-corrected chi connectivity index (χ0v) is 17.1. The molecule has 0 aromatic heterocycles. The van der Waals surface area contributed by atoms with Gasteiger partial charge in [0, 0.05) is 5.57 Å². The van der Waals surface area contributed by atoms with Crippen LogP contribution in [0.4, 0.5) is 4.79 Å². The Hall–Kier alpha value is -2.84. The molecule has 0 unspecified atom stereocenters. The van der Waals surface area contributed by atoms with Gasteiger partial charge in [-0.25, -0.2) is 30.0 Å². The number of hydrogen-bond acceptors (Lipinski definition) is 10. The molecule has 11 heteroatoms. The summed E-state index contributed by atoms with van der Waals surface area (Å²) in [6.45, 7) is 6.13. The third-order valence-corrected chi connectivity index (χ3v) is 2.82. The maximum Gasteiger partial charge on any atom is 0.404 e. The van der Waals surface area contributed by atoms with Gasteiger partial charge in [0.25, 0.3) is 0 Å². The Balaban J connectivity index is -0.000000148. The number of primary amides is 1. The fourth-order valence-electron chi connectivity index (χ4n) is 1.59. The number of ether oxygens (including phenoxy) is 2. The topological polar surface area (TPSA) is 201 Å². The predicted molar refractivity (Wildman–Crippen MR) is 105 cm³/mol. The number of aliphatic hydroxyl groups excluding tert-OH is 2. The number of rotatable bonds is 5. The van der Waals surface area contributed by atoms with Gasteiger partial charge in [-0.15, -0.1) is 0 Å². The minimum absolute atomic E-state index is 0.247. The van der Waals surface area contributed by atoms with E-state index in [0.29, 0.717) is 6.61 Å². The van der Waals surface area contributed by atoms with E-state index in [1.165, 1.54) is 45.4 Å². The summed E-state index contributed by atoms with van der Waals surface area (Å²) in [5, 5.41) is 27.8. The smallest absolute Gasteiger partial charge is 0.404 e. The summed E-state index contributed by atoms with van der Waals surface area (Å²) in [5.74, 6) is -0.599. The van der Waals surface area contributed by atoms with Gasteiger partial charge in [0.1, 0.15) is 6.10 Å². The van der Waals surface area contributed by atoms with E-state index in [4.69, 9.17) is 30.6 Å². The summed E-state index contributed by atoms with van der Waals surface area (Å²) >= 11 is 0. The zero-order chi connectivity index (χ0) is 23.5. The average Bonchev–Trinajstić information content (AvgIpc) is 2.69. The number of amides is 1. The first-order valence-corrected chi connectivity index (χ1v) is 8.80. The Labute approximate surface area is 170 Å². The van der Waals surface area contributed by atoms with Gasteiger partial charge in [0.15, 0.2) is 0 Å². The number of carbonyl (C=O) groups is 2. The second kappa shape index (κ2) is 29.9. The molecule has 1 rings (SSSR count). The van der Waals surface area contributed by atoms with Crippen LogP contribution < -0.4 is 5.73 Å². The molecule has 1 fully saturated rings. The van der Waals surface area contributed by atoms with Crippen LogP contribution in [0.3, 0.4) is 0 Å². The third-order valence-electron chi connectivity index (χ3n) is 2.82. The molecule has 168 valence electrons. The van der Waals surface area contributed by atoms with Gasteiger partial charge in [0.05, 0.1) is 19.8 Å². The molecular weight excluding hydrogens is 386 g/mol. The molecule has 0 radical (unpaired) electrons. The zero-order valence-electron chi connectivity index (χ0n) is 17.1. The molecule has 6 N–H and O–H groups in total. The van der Waals surface area contributed by atoms with Crippen LogP contribution >= 0.6 is 0 Å². The lowest BCUT2D eigenvalue weighted by molar-refractivity contribution is -0.148. The highest BCUT2D eigenvalue weighted by Gasteiger charge is 2.11. The Kier molecular flexibility index (Phi) is 34.8. The second-order valence-electron chi connectivity index (χ2n) is 5.25. The van der Waals surface area contributed by atoms with Crippen molar-refractivity contribution in [3.63, 3.8) is 0 Å². The van der Waals surface area contributed by atoms with Crippen molar-refractivity contribution in [2.75, 3.05) is 19.8 Å². The Morgan fingerprint density at radius 1 is 1.03 bits per heavy atom. The lowest BCUT2D eigenvalue weighted by Crippen LogP contribution is -2.25. The minimum atomic E-state index is -0.834. The molecule has 1 amide bonds. The summed E-state index contributed by atoms with van der Waals surface area (Å²) in [6.07, 6.45) is 8.96. The largest absolute Gasteiger partial charge is 0.454 e. The highest BCUT2D eigenvalue weighted by molar-refractivity contribution is 5.87. The Bertz CT molecular complexity index is 454. The molecule has 0 aliphatic heterocycles. The number of aliphatic hydroxyl groups is 2. The summed E-state index contributed by atoms with van der Waals surface area (Å²) in [4.78, 5) is 37.0. The van der Waals surface area contributed by atoms with Gasteiger partial charge in [-0.1, -0.05) is 45.1 Å². The van der Waals surface area contributed by atoms with E-state index in [1.807, 2.05) is 0 Å². The summed E-state index contributed by atoms with van der Waals surface area (Å²) in [5.41, 5.74) is 4.79. The van der Waals surface area contributed by atoms with E-state index < -0.39 is 18.2 Å². The maximum absolute atomic E-state index is 10.7. The highest BCUT2D eigenvalue weighted by Crippen LogP contribution is 2.15. The van der Waals surface area contributed by atoms with Gasteiger partial charge < -0.3 is 25.4 Å². The molecule has 0 atom stereocenters. The van der Waals surface area contributed by atoms with Crippen molar-refractivity contribution in [1.82, 2.24) is 0 Å². The molecular formula is C18H33N3O8. The molecule has 0 saturated heterocycles. The van der Waals surface area contributed by atoms with Crippen molar-refractivity contribution in [3.05, 3.63) is 12.2 Å². The Morgan fingerprint density at radius 3 is 1.48 bits per heavy atom. The van der Waals surface area contributed by atoms with Gasteiger partial charge in [-0.2, -0.15) is 0 Å². The predicted octanol–water partition coefficient (Wildman–Crippen LogP) is 1.70. The fraction of sp³-hybridized carbons (Fsp3) is 0.667. The van der Waals surface area contributed by atoms with Crippen LogP contribution in [-0.4, -0.2) is 60.4 Å². The first-order valence-electron chi connectivity index (χ1n) is 8.80. The van der Waals surface area contributed by atoms with Crippen LogP contribution in [0, 0.1) is 10.8 Å². The van der Waals surface area contributed by atoms with Crippen LogP contribution in [0.15, 0.2) is 12.2 Å². The quantitative estimate of drug-likeness (QED) is 0.192. The normalized spacial score (nSPS) is 10.8. The Morgan fingerprint density at radius 2 is 1.34 bits per heavy atom. The van der Waals surface area contributed by atoms with E-state index in [9.17, 15) is 9.59 Å². The molecule has 11 nitrogen and oxygen atoms in total. The van der Waals surface area contributed by atoms with E-state index >= 15 is 0 Å². The lowest BCUT2D eigenvalue weighted by Gasteiger charge is -2.11. The van der Waals surface area contributed by atoms with Gasteiger partial charge in [-0.05, 0) is 13.8 Å². The molecule has 0 bridgehead atoms. The minimum Gasteiger partial charge on any atom is -0.454 e. The van der Waals surface area contributed by atoms with Crippen molar-refractivity contribution in [2.45, 2.75) is 58.5 Å². The molecule has 0 aromatic rings. The summed E-state index contributed by atoms with van der Waals surface area (Å²) < 4.78 is 8.75. The molecule has 1 aliphatic carbocycles. The molecule has 1 aliphatic rings. The van der Waals surface area contributed by atoms with Crippen LogP contribution in [0.2, 0.25) is 0 Å². The van der Waals surface area contributed by atoms with Crippen LogP contribution in [0.5, 0.6) is 0 Å². The molecule has 0 aromatic carbocycles. The fourth-order valence-corrected chi connectivity index (χ4v) is 1.59. The number of esters is 1. The number of hydrogen-bond donors (Lipinski definition) is 5. The first-order chi connectivity index (χ1) is 13.7. The van der Waals surface area contributed by atoms with E-state index in [-0.39, 0.29) is 18.8 Å². The number of nitrogens with two attached hydrogens (primary N) is 1. The van der Waals surface area contributed by atoms with Crippen LogP contribution in [0.25, 0.3) is 0 Å². The van der Waals surface area contributed by atoms with Crippen molar-refractivity contribution in [1.29, 1.82) is 10.8 Å². The van der Waals surface area contributed by atoms with Crippen molar-refractivity contribution in [2.24, 2.45) is 5.73 Å². The van der Waals surface area contributed by atoms with Crippen LogP contribution in [0.1, 0.15) is 52.4 Å². The molecule has 29 heavy (non-hydrogen) atoms.